The van der Waals surface area contributed by atoms with Crippen LogP contribution in [0.3, 0.4) is 0 Å². The molecule has 246 valence electrons. The van der Waals surface area contributed by atoms with Gasteiger partial charge in [0.25, 0.3) is 0 Å². The summed E-state index contributed by atoms with van der Waals surface area (Å²) in [6, 6.07) is 0.501. The molecule has 4 aliphatic heterocycles. The molecule has 3 N–H and O–H groups in total. The van der Waals surface area contributed by atoms with Crippen molar-refractivity contribution in [1.82, 2.24) is 25.2 Å². The van der Waals surface area contributed by atoms with Crippen LogP contribution in [0.25, 0.3) is 22.2 Å². The zero-order chi connectivity index (χ0) is 32.7. The van der Waals surface area contributed by atoms with E-state index >= 15 is 4.39 Å². The van der Waals surface area contributed by atoms with Crippen molar-refractivity contribution in [3.63, 3.8) is 0 Å². The summed E-state index contributed by atoms with van der Waals surface area (Å²) in [6.07, 6.45) is -2.07. The zero-order valence-corrected chi connectivity index (χ0v) is 25.9. The first kappa shape index (κ1) is 30.9. The lowest BCUT2D eigenvalue weighted by atomic mass is 9.94. The molecule has 6 heterocycles. The van der Waals surface area contributed by atoms with E-state index in [-0.39, 0.29) is 47.0 Å². The lowest BCUT2D eigenvalue weighted by Crippen LogP contribution is -2.60. The molecule has 0 aliphatic carbocycles. The van der Waals surface area contributed by atoms with E-state index in [4.69, 9.17) is 20.2 Å². The number of nitrogens with zero attached hydrogens (tertiary/aromatic N) is 5. The molecule has 4 aliphatic rings. The Bertz CT molecular complexity index is 1750. The third kappa shape index (κ3) is 4.83. The Balaban J connectivity index is 1.44. The number of fused-ring (bicyclic) bond motifs is 3. The van der Waals surface area contributed by atoms with Gasteiger partial charge in [-0.15, -0.1) is 0 Å². The number of piperazine rings is 1. The number of alkyl halides is 3. The molecule has 0 amide bonds. The van der Waals surface area contributed by atoms with E-state index in [0.717, 1.165) is 57.3 Å². The number of nitrogen functional groups attached to an aromatic ring is 1. The Morgan fingerprint density at radius 3 is 2.74 bits per heavy atom. The molecule has 2 aromatic heterocycles. The number of rotatable bonds is 5. The third-order valence-corrected chi connectivity index (χ3v) is 10.0. The second-order valence-corrected chi connectivity index (χ2v) is 13.0. The summed E-state index contributed by atoms with van der Waals surface area (Å²) < 4.78 is 87.2. The fraction of sp³-hybridized carbons (Fsp3) is 0.531. The standard InChI is InChI=1S/C32H36F5N7O2/c1-5-18-13-44-21(11-39-18)17(4)46-29-22-27(25(34)26(40-29)19-9-20(38)24(33)16(3)23(19)32(35,36)37)41-30(42-28(22)44)45-14-31-7-6-8-43(31)12-15(2)10-31/h9,17-18,21,39H,2,5-8,10-14,38H2,1,3-4H3/t17-,18+,21-,31-/m0/s1. The van der Waals surface area contributed by atoms with Gasteiger partial charge in [-0.1, -0.05) is 19.1 Å². The van der Waals surface area contributed by atoms with Crippen molar-refractivity contribution in [3.05, 3.63) is 41.0 Å². The summed E-state index contributed by atoms with van der Waals surface area (Å²) in [6.45, 7) is 12.0. The number of nitrogens with one attached hydrogen (secondary N) is 1. The number of pyridine rings is 1. The monoisotopic (exact) mass is 645 g/mol. The van der Waals surface area contributed by atoms with E-state index in [1.807, 2.05) is 11.8 Å². The Morgan fingerprint density at radius 1 is 1.22 bits per heavy atom. The van der Waals surface area contributed by atoms with Gasteiger partial charge >= 0.3 is 12.2 Å². The molecule has 46 heavy (non-hydrogen) atoms. The first-order valence-corrected chi connectivity index (χ1v) is 15.6. The maximum atomic E-state index is 16.8. The van der Waals surface area contributed by atoms with Crippen LogP contribution in [0.15, 0.2) is 18.2 Å². The highest BCUT2D eigenvalue weighted by molar-refractivity contribution is 5.97. The van der Waals surface area contributed by atoms with Gasteiger partial charge in [0.1, 0.15) is 40.9 Å². The molecule has 3 saturated heterocycles. The van der Waals surface area contributed by atoms with Crippen molar-refractivity contribution in [3.8, 4) is 23.1 Å². The lowest BCUT2D eigenvalue weighted by molar-refractivity contribution is -0.137. The van der Waals surface area contributed by atoms with Crippen LogP contribution in [-0.4, -0.2) is 76.4 Å². The fourth-order valence-electron chi connectivity index (χ4n) is 7.68. The summed E-state index contributed by atoms with van der Waals surface area (Å²) >= 11 is 0. The number of hydrogen-bond acceptors (Lipinski definition) is 9. The summed E-state index contributed by atoms with van der Waals surface area (Å²) in [4.78, 5) is 17.9. The highest BCUT2D eigenvalue weighted by atomic mass is 19.4. The normalized spacial score (nSPS) is 26.2. The molecule has 7 rings (SSSR count). The number of hydrogen-bond donors (Lipinski definition) is 2. The molecule has 4 atom stereocenters. The van der Waals surface area contributed by atoms with E-state index in [9.17, 15) is 17.6 Å². The first-order chi connectivity index (χ1) is 21.8. The van der Waals surface area contributed by atoms with Gasteiger partial charge in [-0.25, -0.2) is 13.8 Å². The topological polar surface area (TPSA) is 102 Å². The van der Waals surface area contributed by atoms with Crippen LogP contribution < -0.4 is 25.4 Å². The quantitative estimate of drug-likeness (QED) is 0.215. The molecule has 3 aromatic rings. The van der Waals surface area contributed by atoms with Crippen LogP contribution >= 0.6 is 0 Å². The molecular weight excluding hydrogens is 609 g/mol. The Morgan fingerprint density at radius 2 is 2.00 bits per heavy atom. The van der Waals surface area contributed by atoms with Crippen molar-refractivity contribution < 1.29 is 31.4 Å². The number of ether oxygens (including phenoxy) is 2. The van der Waals surface area contributed by atoms with E-state index in [0.29, 0.717) is 18.9 Å². The van der Waals surface area contributed by atoms with E-state index in [1.54, 1.807) is 0 Å². The minimum atomic E-state index is -5.04. The minimum absolute atomic E-state index is 0.103. The van der Waals surface area contributed by atoms with Crippen LogP contribution in [0.2, 0.25) is 0 Å². The fourth-order valence-corrected chi connectivity index (χ4v) is 7.68. The van der Waals surface area contributed by atoms with Gasteiger partial charge in [0.15, 0.2) is 5.82 Å². The molecule has 0 bridgehead atoms. The number of anilines is 2. The van der Waals surface area contributed by atoms with Crippen molar-refractivity contribution in [2.45, 2.75) is 76.4 Å². The van der Waals surface area contributed by atoms with Crippen LogP contribution in [0, 0.1) is 18.6 Å². The molecule has 3 fully saturated rings. The maximum absolute atomic E-state index is 16.8. The van der Waals surface area contributed by atoms with Gasteiger partial charge in [-0.3, -0.25) is 4.90 Å². The number of nitrogens with two attached hydrogens (primary N) is 1. The number of benzene rings is 1. The van der Waals surface area contributed by atoms with Crippen molar-refractivity contribution in [2.75, 3.05) is 43.4 Å². The Kier molecular flexibility index (Phi) is 7.31. The van der Waals surface area contributed by atoms with Crippen LogP contribution in [0.5, 0.6) is 11.9 Å². The summed E-state index contributed by atoms with van der Waals surface area (Å²) in [5, 5.41) is 3.64. The highest BCUT2D eigenvalue weighted by Crippen LogP contribution is 2.47. The van der Waals surface area contributed by atoms with Gasteiger partial charge in [0.2, 0.25) is 5.88 Å². The zero-order valence-electron chi connectivity index (χ0n) is 25.9. The maximum Gasteiger partial charge on any atom is 0.417 e. The molecule has 14 heteroatoms. The second-order valence-electron chi connectivity index (χ2n) is 13.0. The van der Waals surface area contributed by atoms with E-state index in [2.05, 4.69) is 33.7 Å². The van der Waals surface area contributed by atoms with E-state index in [1.165, 1.54) is 0 Å². The van der Waals surface area contributed by atoms with Crippen LogP contribution in [-0.2, 0) is 6.18 Å². The van der Waals surface area contributed by atoms with Gasteiger partial charge in [0, 0.05) is 31.2 Å². The van der Waals surface area contributed by atoms with E-state index < -0.39 is 52.0 Å². The van der Waals surface area contributed by atoms with Gasteiger partial charge in [-0.05, 0) is 57.7 Å². The summed E-state index contributed by atoms with van der Waals surface area (Å²) in [5.74, 6) is -2.16. The SMILES string of the molecule is C=C1CN2CCC[C@@]2(COc2nc3c4c(nc(-c5cc(N)c(F)c(C)c5C(F)(F)F)c(F)c4n2)O[C@@H](C)[C@@H]2CN[C@H](CC)CN32)C1. The predicted octanol–water partition coefficient (Wildman–Crippen LogP) is 5.39. The molecule has 0 spiro atoms. The Labute approximate surface area is 263 Å². The average Bonchev–Trinajstić information content (AvgIpc) is 3.50. The van der Waals surface area contributed by atoms with Gasteiger partial charge in [-0.2, -0.15) is 23.1 Å². The average molecular weight is 646 g/mol. The van der Waals surface area contributed by atoms with Crippen molar-refractivity contribution in [1.29, 1.82) is 0 Å². The van der Waals surface area contributed by atoms with Gasteiger partial charge < -0.3 is 25.4 Å². The minimum Gasteiger partial charge on any atom is -0.472 e. The molecule has 0 unspecified atom stereocenters. The lowest BCUT2D eigenvalue weighted by Gasteiger charge is -2.42. The molecule has 0 saturated carbocycles. The van der Waals surface area contributed by atoms with Crippen molar-refractivity contribution in [2.24, 2.45) is 0 Å². The number of aromatic nitrogens is 3. The largest absolute Gasteiger partial charge is 0.472 e. The molecule has 9 nitrogen and oxygen atoms in total. The summed E-state index contributed by atoms with van der Waals surface area (Å²) in [5.41, 5.74) is 2.19. The van der Waals surface area contributed by atoms with Crippen LogP contribution in [0.4, 0.5) is 33.5 Å². The van der Waals surface area contributed by atoms with Crippen molar-refractivity contribution >= 4 is 22.4 Å². The van der Waals surface area contributed by atoms with Gasteiger partial charge in [0.05, 0.1) is 22.8 Å². The third-order valence-electron chi connectivity index (χ3n) is 10.0. The number of halogens is 5. The highest BCUT2D eigenvalue weighted by Gasteiger charge is 2.47. The first-order valence-electron chi connectivity index (χ1n) is 15.6. The molecule has 0 radical (unpaired) electrons. The summed E-state index contributed by atoms with van der Waals surface area (Å²) in [7, 11) is 0. The Hall–Kier alpha value is -3.78. The smallest absolute Gasteiger partial charge is 0.417 e. The second kappa shape index (κ2) is 10.9. The van der Waals surface area contributed by atoms with Crippen LogP contribution in [0.1, 0.15) is 50.7 Å². The molecular formula is C32H36F5N7O2. The predicted molar refractivity (Wildman–Crippen MR) is 163 cm³/mol. The molecule has 1 aromatic carbocycles.